The van der Waals surface area contributed by atoms with Crippen LogP contribution in [-0.2, 0) is 9.53 Å². The fourth-order valence-electron chi connectivity index (χ4n) is 5.62. The summed E-state index contributed by atoms with van der Waals surface area (Å²) in [5, 5.41) is 0.794. The molecule has 1 atom stereocenters. The molecule has 0 spiro atoms. The quantitative estimate of drug-likeness (QED) is 0.258. The Morgan fingerprint density at radius 2 is 1.78 bits per heavy atom. The van der Waals surface area contributed by atoms with Gasteiger partial charge in [0.2, 0.25) is 5.91 Å². The van der Waals surface area contributed by atoms with Crippen LogP contribution in [0.5, 0.6) is 11.5 Å². The lowest BCUT2D eigenvalue weighted by atomic mass is 9.96. The van der Waals surface area contributed by atoms with Crippen LogP contribution in [-0.4, -0.2) is 51.6 Å². The zero-order chi connectivity index (χ0) is 28.3. The SMILES string of the molecule is C=C(C)C(=O)N1CCC(C#Cc2c(-c3ccc(Oc4ccccc4)cc3)c3c(N)ncnc3n2[C@H]2CCOC2)CC1. The second kappa shape index (κ2) is 11.5. The number of carbonyl (C=O) groups is 1. The van der Waals surface area contributed by atoms with E-state index in [0.717, 1.165) is 58.6 Å². The molecule has 8 heteroatoms. The monoisotopic (exact) mass is 547 g/mol. The number of para-hydroxylation sites is 1. The Morgan fingerprint density at radius 1 is 1.05 bits per heavy atom. The van der Waals surface area contributed by atoms with Crippen molar-refractivity contribution in [3.63, 3.8) is 0 Å². The van der Waals surface area contributed by atoms with Crippen LogP contribution in [0.4, 0.5) is 5.82 Å². The van der Waals surface area contributed by atoms with Gasteiger partial charge in [-0.25, -0.2) is 9.97 Å². The number of rotatable bonds is 5. The van der Waals surface area contributed by atoms with Crippen LogP contribution in [0.15, 0.2) is 73.1 Å². The Labute approximate surface area is 239 Å². The lowest BCUT2D eigenvalue weighted by Crippen LogP contribution is -2.38. The largest absolute Gasteiger partial charge is 0.457 e. The van der Waals surface area contributed by atoms with Crippen LogP contribution in [0.3, 0.4) is 0 Å². The zero-order valence-corrected chi connectivity index (χ0v) is 23.2. The molecule has 208 valence electrons. The van der Waals surface area contributed by atoms with Gasteiger partial charge in [-0.1, -0.05) is 42.8 Å². The number of aromatic nitrogens is 3. The van der Waals surface area contributed by atoms with E-state index in [1.165, 1.54) is 6.33 Å². The first-order valence-corrected chi connectivity index (χ1v) is 14.0. The van der Waals surface area contributed by atoms with E-state index in [1.807, 2.05) is 59.5 Å². The molecule has 1 amide bonds. The highest BCUT2D eigenvalue weighted by Crippen LogP contribution is 2.40. The average Bonchev–Trinajstić information content (AvgIpc) is 3.64. The molecule has 4 aromatic rings. The Hall–Kier alpha value is -4.61. The molecule has 0 unspecified atom stereocenters. The van der Waals surface area contributed by atoms with Crippen molar-refractivity contribution in [2.75, 3.05) is 32.0 Å². The highest BCUT2D eigenvalue weighted by Gasteiger charge is 2.28. The lowest BCUT2D eigenvalue weighted by molar-refractivity contribution is -0.128. The third-order valence-electron chi connectivity index (χ3n) is 7.75. The molecule has 2 aromatic heterocycles. The van der Waals surface area contributed by atoms with Crippen molar-refractivity contribution in [1.29, 1.82) is 0 Å². The van der Waals surface area contributed by atoms with E-state index >= 15 is 0 Å². The summed E-state index contributed by atoms with van der Waals surface area (Å²) >= 11 is 0. The first-order valence-electron chi connectivity index (χ1n) is 14.0. The maximum Gasteiger partial charge on any atom is 0.248 e. The number of benzene rings is 2. The first kappa shape index (κ1) is 26.6. The summed E-state index contributed by atoms with van der Waals surface area (Å²) < 4.78 is 14.0. The number of piperidine rings is 1. The number of hydrogen-bond donors (Lipinski definition) is 1. The minimum Gasteiger partial charge on any atom is -0.457 e. The smallest absolute Gasteiger partial charge is 0.248 e. The van der Waals surface area contributed by atoms with Crippen LogP contribution in [0.2, 0.25) is 0 Å². The molecular weight excluding hydrogens is 514 g/mol. The molecule has 2 aliphatic rings. The third-order valence-corrected chi connectivity index (χ3v) is 7.75. The summed E-state index contributed by atoms with van der Waals surface area (Å²) in [6, 6.07) is 17.8. The van der Waals surface area contributed by atoms with Gasteiger partial charge >= 0.3 is 0 Å². The van der Waals surface area contributed by atoms with E-state index in [2.05, 4.69) is 33.0 Å². The number of likely N-dealkylation sites (tertiary alicyclic amines) is 1. The van der Waals surface area contributed by atoms with E-state index in [9.17, 15) is 4.79 Å². The Kier molecular flexibility index (Phi) is 7.45. The highest BCUT2D eigenvalue weighted by molar-refractivity contribution is 6.03. The van der Waals surface area contributed by atoms with Gasteiger partial charge in [0, 0.05) is 36.8 Å². The fraction of sp³-hybridized carbons (Fsp3) is 0.303. The standard InChI is InChI=1S/C33H33N5O3/c1-22(2)33(39)37-17-14-23(15-18-37)8-13-28-29(24-9-11-27(12-10-24)41-26-6-4-3-5-7-26)30-31(34)35-21-36-32(30)38(28)25-16-19-40-20-25/h3-7,9-12,21,23,25H,1,14-20H2,2H3,(H2,34,35,36)/t25-/m0/s1. The van der Waals surface area contributed by atoms with Gasteiger partial charge in [-0.15, -0.1) is 0 Å². The van der Waals surface area contributed by atoms with E-state index in [1.54, 1.807) is 6.92 Å². The number of carbonyl (C=O) groups excluding carboxylic acids is 1. The van der Waals surface area contributed by atoms with E-state index in [0.29, 0.717) is 37.7 Å². The Balaban J connectivity index is 1.40. The van der Waals surface area contributed by atoms with E-state index in [4.69, 9.17) is 15.2 Å². The van der Waals surface area contributed by atoms with Gasteiger partial charge in [-0.05, 0) is 61.9 Å². The van der Waals surface area contributed by atoms with Crippen LogP contribution < -0.4 is 10.5 Å². The number of ether oxygens (including phenoxy) is 2. The van der Waals surface area contributed by atoms with Gasteiger partial charge in [-0.2, -0.15) is 0 Å². The molecule has 0 bridgehead atoms. The summed E-state index contributed by atoms with van der Waals surface area (Å²) in [7, 11) is 0. The molecule has 2 aliphatic heterocycles. The van der Waals surface area contributed by atoms with Crippen LogP contribution >= 0.6 is 0 Å². The second-order valence-electron chi connectivity index (χ2n) is 10.6. The normalized spacial score (nSPS) is 17.3. The minimum absolute atomic E-state index is 0.0220. The summed E-state index contributed by atoms with van der Waals surface area (Å²) in [6.07, 6.45) is 4.02. The van der Waals surface area contributed by atoms with Crippen molar-refractivity contribution in [2.45, 2.75) is 32.2 Å². The summed E-state index contributed by atoms with van der Waals surface area (Å²) in [5.74, 6) is 9.21. The van der Waals surface area contributed by atoms with Crippen molar-refractivity contribution in [3.05, 3.63) is 78.8 Å². The molecule has 2 saturated heterocycles. The number of anilines is 1. The van der Waals surface area contributed by atoms with Crippen LogP contribution in [0, 0.1) is 17.8 Å². The average molecular weight is 548 g/mol. The van der Waals surface area contributed by atoms with Crippen molar-refractivity contribution in [1.82, 2.24) is 19.4 Å². The number of nitrogens with two attached hydrogens (primary N) is 1. The maximum absolute atomic E-state index is 12.4. The first-order chi connectivity index (χ1) is 20.0. The maximum atomic E-state index is 12.4. The molecule has 8 nitrogen and oxygen atoms in total. The third kappa shape index (κ3) is 5.41. The van der Waals surface area contributed by atoms with Gasteiger partial charge < -0.3 is 24.7 Å². The number of fused-ring (bicyclic) bond motifs is 1. The summed E-state index contributed by atoms with van der Waals surface area (Å²) in [4.78, 5) is 23.3. The van der Waals surface area contributed by atoms with Crippen LogP contribution in [0.1, 0.15) is 37.9 Å². The highest BCUT2D eigenvalue weighted by atomic mass is 16.5. The Morgan fingerprint density at radius 3 is 2.46 bits per heavy atom. The molecule has 0 saturated carbocycles. The molecule has 0 aliphatic carbocycles. The van der Waals surface area contributed by atoms with Crippen molar-refractivity contribution >= 4 is 22.8 Å². The predicted molar refractivity (Wildman–Crippen MR) is 159 cm³/mol. The molecule has 2 N–H and O–H groups in total. The molecular formula is C33H33N5O3. The molecule has 6 rings (SSSR count). The second-order valence-corrected chi connectivity index (χ2v) is 10.6. The van der Waals surface area contributed by atoms with Crippen molar-refractivity contribution in [2.24, 2.45) is 5.92 Å². The number of nitrogens with zero attached hydrogens (tertiary/aromatic N) is 4. The topological polar surface area (TPSA) is 95.5 Å². The Bertz CT molecular complexity index is 1640. The van der Waals surface area contributed by atoms with E-state index in [-0.39, 0.29) is 17.9 Å². The number of amides is 1. The van der Waals surface area contributed by atoms with Gasteiger partial charge in [0.25, 0.3) is 0 Å². The molecule has 2 fully saturated rings. The van der Waals surface area contributed by atoms with Gasteiger partial charge in [0.1, 0.15) is 35.0 Å². The molecule has 4 heterocycles. The van der Waals surface area contributed by atoms with Crippen molar-refractivity contribution < 1.29 is 14.3 Å². The number of hydrogen-bond acceptors (Lipinski definition) is 6. The lowest BCUT2D eigenvalue weighted by Gasteiger charge is -2.30. The van der Waals surface area contributed by atoms with Gasteiger partial charge in [-0.3, -0.25) is 4.79 Å². The molecule has 2 aromatic carbocycles. The minimum atomic E-state index is 0.0220. The van der Waals surface area contributed by atoms with Crippen LogP contribution in [0.25, 0.3) is 22.2 Å². The van der Waals surface area contributed by atoms with Gasteiger partial charge in [0.15, 0.2) is 0 Å². The van der Waals surface area contributed by atoms with E-state index < -0.39 is 0 Å². The summed E-state index contributed by atoms with van der Waals surface area (Å²) in [6.45, 7) is 8.20. The number of nitrogen functional groups attached to an aromatic ring is 1. The zero-order valence-electron chi connectivity index (χ0n) is 23.2. The molecule has 41 heavy (non-hydrogen) atoms. The summed E-state index contributed by atoms with van der Waals surface area (Å²) in [5.41, 5.74) is 10.6. The van der Waals surface area contributed by atoms with Crippen molar-refractivity contribution in [3.8, 4) is 34.5 Å². The fourth-order valence-corrected chi connectivity index (χ4v) is 5.62. The predicted octanol–water partition coefficient (Wildman–Crippen LogP) is 5.60. The van der Waals surface area contributed by atoms with Gasteiger partial charge in [0.05, 0.1) is 18.0 Å². The molecule has 0 radical (unpaired) electrons.